The molecular weight excluding hydrogens is 383 g/mol. The number of carbonyl (C=O) groups is 2. The van der Waals surface area contributed by atoms with E-state index in [1.54, 1.807) is 24.3 Å². The second-order valence-electron chi connectivity index (χ2n) is 6.90. The third-order valence-corrected chi connectivity index (χ3v) is 4.93. The molecule has 1 fully saturated rings. The zero-order valence-corrected chi connectivity index (χ0v) is 16.3. The van der Waals surface area contributed by atoms with Crippen LogP contribution in [0.1, 0.15) is 36.3 Å². The summed E-state index contributed by atoms with van der Waals surface area (Å²) in [5.74, 6) is -0.179. The summed E-state index contributed by atoms with van der Waals surface area (Å²) in [6.45, 7) is 2.29. The lowest BCUT2D eigenvalue weighted by Gasteiger charge is -2.10. The van der Waals surface area contributed by atoms with Crippen molar-refractivity contribution in [2.45, 2.75) is 32.1 Å². The highest BCUT2D eigenvalue weighted by atomic mass is 35.5. The van der Waals surface area contributed by atoms with Gasteiger partial charge in [-0.25, -0.2) is 4.39 Å². The van der Waals surface area contributed by atoms with Gasteiger partial charge in [-0.05, 0) is 67.1 Å². The van der Waals surface area contributed by atoms with Crippen molar-refractivity contribution in [3.05, 3.63) is 64.4 Å². The van der Waals surface area contributed by atoms with E-state index in [9.17, 15) is 14.0 Å². The van der Waals surface area contributed by atoms with Gasteiger partial charge in [0.05, 0.1) is 6.61 Å². The minimum atomic E-state index is -0.298. The second kappa shape index (κ2) is 9.06. The zero-order chi connectivity index (χ0) is 20.1. The topological polar surface area (TPSA) is 67.4 Å². The highest BCUT2D eigenvalue weighted by molar-refractivity contribution is 6.30. The molecule has 0 bridgehead atoms. The number of carbonyl (C=O) groups excluding carboxylic acids is 2. The van der Waals surface area contributed by atoms with Gasteiger partial charge in [0.15, 0.2) is 0 Å². The number of nitrogens with one attached hydrogen (secondary N) is 2. The molecule has 2 aromatic rings. The maximum Gasteiger partial charge on any atom is 0.242 e. The van der Waals surface area contributed by atoms with Crippen LogP contribution in [-0.4, -0.2) is 18.4 Å². The summed E-state index contributed by atoms with van der Waals surface area (Å²) in [6.07, 6.45) is 1.45. The smallest absolute Gasteiger partial charge is 0.242 e. The number of amides is 2. The molecule has 0 heterocycles. The summed E-state index contributed by atoms with van der Waals surface area (Å²) in [5, 5.41) is 0.650. The van der Waals surface area contributed by atoms with E-state index in [0.717, 1.165) is 16.9 Å². The fraction of sp³-hybridized carbons (Fsp3) is 0.333. The Hall–Kier alpha value is -2.60. The van der Waals surface area contributed by atoms with Crippen molar-refractivity contribution in [1.29, 1.82) is 0 Å². The monoisotopic (exact) mass is 404 g/mol. The molecular formula is C21H22ClFN2O3. The molecule has 0 aliphatic heterocycles. The summed E-state index contributed by atoms with van der Waals surface area (Å²) in [5.41, 5.74) is 6.76. The Morgan fingerprint density at radius 1 is 1.18 bits per heavy atom. The molecule has 2 N–H and O–H groups in total. The molecule has 0 saturated heterocycles. The summed E-state index contributed by atoms with van der Waals surface area (Å²) < 4.78 is 18.6. The van der Waals surface area contributed by atoms with Crippen LogP contribution in [0.5, 0.6) is 5.75 Å². The largest absolute Gasteiger partial charge is 0.493 e. The van der Waals surface area contributed by atoms with Crippen LogP contribution >= 0.6 is 11.6 Å². The van der Waals surface area contributed by atoms with E-state index < -0.39 is 0 Å². The first-order chi connectivity index (χ1) is 13.4. The molecule has 2 amide bonds. The van der Waals surface area contributed by atoms with Crippen molar-refractivity contribution in [3.8, 4) is 5.75 Å². The molecule has 1 saturated carbocycles. The van der Waals surface area contributed by atoms with Gasteiger partial charge in [-0.3, -0.25) is 20.4 Å². The van der Waals surface area contributed by atoms with E-state index in [2.05, 4.69) is 10.9 Å². The molecule has 7 heteroatoms. The molecule has 2 unspecified atom stereocenters. The fourth-order valence-corrected chi connectivity index (χ4v) is 3.27. The Morgan fingerprint density at radius 2 is 1.93 bits per heavy atom. The Balaban J connectivity index is 1.32. The second-order valence-corrected chi connectivity index (χ2v) is 7.34. The van der Waals surface area contributed by atoms with E-state index in [1.807, 2.05) is 13.0 Å². The average molecular weight is 405 g/mol. The highest BCUT2D eigenvalue weighted by Crippen LogP contribution is 2.47. The van der Waals surface area contributed by atoms with Gasteiger partial charge < -0.3 is 4.74 Å². The van der Waals surface area contributed by atoms with Crippen LogP contribution in [0.3, 0.4) is 0 Å². The lowest BCUT2D eigenvalue weighted by molar-refractivity contribution is -0.129. The van der Waals surface area contributed by atoms with E-state index in [0.29, 0.717) is 24.5 Å². The summed E-state index contributed by atoms with van der Waals surface area (Å²) >= 11 is 5.90. The van der Waals surface area contributed by atoms with Crippen molar-refractivity contribution in [3.63, 3.8) is 0 Å². The first-order valence-electron chi connectivity index (χ1n) is 9.17. The van der Waals surface area contributed by atoms with Crippen molar-refractivity contribution in [1.82, 2.24) is 10.9 Å². The molecule has 28 heavy (non-hydrogen) atoms. The molecule has 5 nitrogen and oxygen atoms in total. The maximum atomic E-state index is 13.0. The number of halogens is 2. The van der Waals surface area contributed by atoms with Crippen molar-refractivity contribution in [2.75, 3.05) is 6.61 Å². The normalized spacial score (nSPS) is 17.7. The molecule has 1 aliphatic rings. The number of hydrogen-bond acceptors (Lipinski definition) is 3. The van der Waals surface area contributed by atoms with Gasteiger partial charge in [0.2, 0.25) is 11.8 Å². The highest BCUT2D eigenvalue weighted by Gasteiger charge is 2.44. The maximum absolute atomic E-state index is 13.0. The summed E-state index contributed by atoms with van der Waals surface area (Å²) in [7, 11) is 0. The van der Waals surface area contributed by atoms with Crippen LogP contribution in [0.25, 0.3) is 0 Å². The lowest BCUT2D eigenvalue weighted by atomic mass is 10.1. The first kappa shape index (κ1) is 20.1. The quantitative estimate of drug-likeness (QED) is 0.543. The summed E-state index contributed by atoms with van der Waals surface area (Å²) in [4.78, 5) is 24.0. The van der Waals surface area contributed by atoms with E-state index in [1.165, 1.54) is 12.1 Å². The molecule has 1 aliphatic carbocycles. The first-order valence-corrected chi connectivity index (χ1v) is 9.55. The molecule has 2 aromatic carbocycles. The number of benzene rings is 2. The van der Waals surface area contributed by atoms with Gasteiger partial charge >= 0.3 is 0 Å². The third-order valence-electron chi connectivity index (χ3n) is 4.69. The summed E-state index contributed by atoms with van der Waals surface area (Å²) in [6, 6.07) is 11.5. The molecule has 148 valence electrons. The third kappa shape index (κ3) is 5.45. The predicted molar refractivity (Wildman–Crippen MR) is 104 cm³/mol. The number of hydrogen-bond donors (Lipinski definition) is 2. The van der Waals surface area contributed by atoms with Crippen LogP contribution in [0.2, 0.25) is 5.02 Å². The minimum Gasteiger partial charge on any atom is -0.493 e. The van der Waals surface area contributed by atoms with Crippen LogP contribution < -0.4 is 15.6 Å². The van der Waals surface area contributed by atoms with Crippen LogP contribution in [0.4, 0.5) is 4.39 Å². The molecule has 0 aromatic heterocycles. The number of hydrazine groups is 1. The molecule has 3 rings (SSSR count). The lowest BCUT2D eigenvalue weighted by Crippen LogP contribution is -2.42. The van der Waals surface area contributed by atoms with E-state index >= 15 is 0 Å². The van der Waals surface area contributed by atoms with E-state index in [4.69, 9.17) is 16.3 Å². The van der Waals surface area contributed by atoms with Crippen LogP contribution in [-0.2, 0) is 9.59 Å². The number of aryl methyl sites for hydroxylation is 1. The van der Waals surface area contributed by atoms with E-state index in [-0.39, 0.29) is 35.9 Å². The van der Waals surface area contributed by atoms with Gasteiger partial charge in [-0.2, -0.15) is 0 Å². The average Bonchev–Trinajstić information content (AvgIpc) is 3.46. The predicted octanol–water partition coefficient (Wildman–Crippen LogP) is 3.90. The minimum absolute atomic E-state index is 0.0773. The van der Waals surface area contributed by atoms with Crippen LogP contribution in [0, 0.1) is 18.7 Å². The van der Waals surface area contributed by atoms with Crippen molar-refractivity contribution >= 4 is 23.4 Å². The van der Waals surface area contributed by atoms with Gasteiger partial charge in [-0.15, -0.1) is 0 Å². The Kier molecular flexibility index (Phi) is 6.52. The fourth-order valence-electron chi connectivity index (χ4n) is 3.04. The SMILES string of the molecule is Cc1cc(Cl)ccc1OCCCC(=O)NNC(=O)C1CC1c1ccc(F)cc1. The Morgan fingerprint density at radius 3 is 2.64 bits per heavy atom. The Labute approximate surface area is 168 Å². The number of ether oxygens (including phenoxy) is 1. The molecule has 0 spiro atoms. The molecule has 2 atom stereocenters. The number of rotatable bonds is 7. The van der Waals surface area contributed by atoms with Gasteiger partial charge in [0.1, 0.15) is 11.6 Å². The Bertz CT molecular complexity index is 857. The van der Waals surface area contributed by atoms with Gasteiger partial charge in [0.25, 0.3) is 0 Å². The van der Waals surface area contributed by atoms with Gasteiger partial charge in [0, 0.05) is 17.4 Å². The van der Waals surface area contributed by atoms with Crippen LogP contribution in [0.15, 0.2) is 42.5 Å². The zero-order valence-electron chi connectivity index (χ0n) is 15.5. The standard InChI is InChI=1S/C21H22ClFN2O3/c1-13-11-15(22)6-9-19(13)28-10-2-3-20(26)24-25-21(27)18-12-17(18)14-4-7-16(23)8-5-14/h4-9,11,17-18H,2-3,10,12H2,1H3,(H,24,26)(H,25,27). The van der Waals surface area contributed by atoms with Crippen molar-refractivity contribution in [2.24, 2.45) is 5.92 Å². The molecule has 0 radical (unpaired) electrons. The van der Waals surface area contributed by atoms with Crippen molar-refractivity contribution < 1.29 is 18.7 Å². The van der Waals surface area contributed by atoms with Gasteiger partial charge in [-0.1, -0.05) is 23.7 Å².